The van der Waals surface area contributed by atoms with E-state index in [0.29, 0.717) is 22.2 Å². The summed E-state index contributed by atoms with van der Waals surface area (Å²) in [6.45, 7) is 3.70. The predicted molar refractivity (Wildman–Crippen MR) is 101 cm³/mol. The second-order valence-electron chi connectivity index (χ2n) is 6.32. The summed E-state index contributed by atoms with van der Waals surface area (Å²) in [5, 5.41) is 2.74. The van der Waals surface area contributed by atoms with E-state index < -0.39 is 23.4 Å². The Morgan fingerprint density at radius 2 is 1.74 bits per heavy atom. The molecule has 0 heterocycles. The monoisotopic (exact) mass is 387 g/mol. The van der Waals surface area contributed by atoms with E-state index in [1.54, 1.807) is 24.3 Å². The first-order valence-corrected chi connectivity index (χ1v) is 8.70. The van der Waals surface area contributed by atoms with Crippen molar-refractivity contribution < 1.29 is 18.4 Å². The molecule has 3 nitrogen and oxygen atoms in total. The minimum Gasteiger partial charge on any atom is -0.288 e. The van der Waals surface area contributed by atoms with Gasteiger partial charge >= 0.3 is 0 Å². The Kier molecular flexibility index (Phi) is 5.51. The summed E-state index contributed by atoms with van der Waals surface area (Å²) < 4.78 is 27.5. The highest BCUT2D eigenvalue weighted by Gasteiger charge is 2.30. The summed E-state index contributed by atoms with van der Waals surface area (Å²) in [7, 11) is 0. The van der Waals surface area contributed by atoms with Crippen molar-refractivity contribution in [1.82, 2.24) is 5.32 Å². The molecule has 0 unspecified atom stereocenters. The first kappa shape index (κ1) is 19.0. The first-order chi connectivity index (χ1) is 12.8. The van der Waals surface area contributed by atoms with Crippen LogP contribution < -0.4 is 5.32 Å². The van der Waals surface area contributed by atoms with E-state index in [1.807, 2.05) is 0 Å². The van der Waals surface area contributed by atoms with E-state index >= 15 is 0 Å². The molecule has 0 saturated heterocycles. The number of hydrogen-bond acceptors (Lipinski definition) is 2. The molecule has 138 valence electrons. The van der Waals surface area contributed by atoms with Gasteiger partial charge in [-0.15, -0.1) is 0 Å². The van der Waals surface area contributed by atoms with Crippen molar-refractivity contribution >= 4 is 35.1 Å². The number of carbonyl (C=O) groups is 2. The smallest absolute Gasteiger partial charge is 0.258 e. The van der Waals surface area contributed by atoms with Crippen molar-refractivity contribution in [3.8, 4) is 0 Å². The van der Waals surface area contributed by atoms with Gasteiger partial charge < -0.3 is 0 Å². The molecule has 2 aromatic rings. The molecule has 0 aromatic heterocycles. The Morgan fingerprint density at radius 3 is 2.33 bits per heavy atom. The molecule has 2 amide bonds. The molecule has 27 heavy (non-hydrogen) atoms. The molecule has 3 rings (SSSR count). The lowest BCUT2D eigenvalue weighted by atomic mass is 10.0. The van der Waals surface area contributed by atoms with Crippen molar-refractivity contribution in [3.05, 3.63) is 82.4 Å². The van der Waals surface area contributed by atoms with E-state index in [-0.39, 0.29) is 17.1 Å². The van der Waals surface area contributed by atoms with Gasteiger partial charge in [-0.05, 0) is 54.7 Å². The Bertz CT molecular complexity index is 947. The molecule has 2 aromatic carbocycles. The largest absolute Gasteiger partial charge is 0.288 e. The van der Waals surface area contributed by atoms with Crippen LogP contribution in [-0.4, -0.2) is 11.8 Å². The molecule has 0 aliphatic heterocycles. The van der Waals surface area contributed by atoms with E-state index in [4.69, 9.17) is 11.6 Å². The lowest BCUT2D eigenvalue weighted by Gasteiger charge is -2.11. The van der Waals surface area contributed by atoms with Gasteiger partial charge in [-0.2, -0.15) is 0 Å². The third-order valence-corrected chi connectivity index (χ3v) is 4.49. The fourth-order valence-corrected chi connectivity index (χ4v) is 2.69. The van der Waals surface area contributed by atoms with Crippen LogP contribution in [0.4, 0.5) is 8.78 Å². The standard InChI is InChI=1S/C21H16ClF2NO2/c1-12(14-4-5-14)20(26)25-21(27)18(10-13-2-6-15(22)7-3-13)17-9-8-16(23)11-19(17)24/h2-3,6-11,14H,1,4-5H2,(H,25,26,27)/b18-10+. The minimum atomic E-state index is -0.904. The number of hydrogen-bond donors (Lipinski definition) is 1. The van der Waals surface area contributed by atoms with E-state index in [0.717, 1.165) is 25.0 Å². The van der Waals surface area contributed by atoms with Gasteiger partial charge in [-0.25, -0.2) is 8.78 Å². The van der Waals surface area contributed by atoms with Crippen LogP contribution in [0.2, 0.25) is 5.02 Å². The molecule has 1 N–H and O–H groups in total. The van der Waals surface area contributed by atoms with Crippen molar-refractivity contribution in [2.75, 3.05) is 0 Å². The van der Waals surface area contributed by atoms with Crippen LogP contribution in [0.15, 0.2) is 54.6 Å². The second kappa shape index (κ2) is 7.84. The third kappa shape index (κ3) is 4.68. The van der Waals surface area contributed by atoms with E-state index in [1.165, 1.54) is 6.08 Å². The number of amides is 2. The van der Waals surface area contributed by atoms with Gasteiger partial charge in [0.05, 0.1) is 5.57 Å². The normalized spacial score (nSPS) is 14.0. The molecular formula is C21H16ClF2NO2. The Hall–Kier alpha value is -2.79. The van der Waals surface area contributed by atoms with Crippen LogP contribution in [0.3, 0.4) is 0 Å². The zero-order chi connectivity index (χ0) is 19.6. The maximum absolute atomic E-state index is 14.3. The number of nitrogens with one attached hydrogen (secondary N) is 1. The van der Waals surface area contributed by atoms with Gasteiger partial charge in [0.2, 0.25) is 0 Å². The van der Waals surface area contributed by atoms with Crippen LogP contribution in [0.1, 0.15) is 24.0 Å². The minimum absolute atomic E-state index is 0.0871. The maximum Gasteiger partial charge on any atom is 0.258 e. The maximum atomic E-state index is 14.3. The second-order valence-corrected chi connectivity index (χ2v) is 6.75. The van der Waals surface area contributed by atoms with Crippen molar-refractivity contribution in [1.29, 1.82) is 0 Å². The average molecular weight is 388 g/mol. The van der Waals surface area contributed by atoms with Gasteiger partial charge in [0, 0.05) is 22.2 Å². The number of rotatable bonds is 5. The molecular weight excluding hydrogens is 372 g/mol. The van der Waals surface area contributed by atoms with Crippen molar-refractivity contribution in [2.24, 2.45) is 5.92 Å². The van der Waals surface area contributed by atoms with Gasteiger partial charge in [0.1, 0.15) is 11.6 Å². The highest BCUT2D eigenvalue weighted by molar-refractivity contribution is 6.31. The van der Waals surface area contributed by atoms with Gasteiger partial charge in [0.15, 0.2) is 0 Å². The number of halogens is 3. The van der Waals surface area contributed by atoms with E-state index in [2.05, 4.69) is 11.9 Å². The number of benzene rings is 2. The zero-order valence-corrected chi connectivity index (χ0v) is 15.0. The fourth-order valence-electron chi connectivity index (χ4n) is 2.57. The average Bonchev–Trinajstić information content (AvgIpc) is 3.46. The molecule has 1 fully saturated rings. The van der Waals surface area contributed by atoms with Crippen LogP contribution >= 0.6 is 11.6 Å². The summed E-state index contributed by atoms with van der Waals surface area (Å²) in [6, 6.07) is 9.40. The van der Waals surface area contributed by atoms with Crippen molar-refractivity contribution in [3.63, 3.8) is 0 Å². The van der Waals surface area contributed by atoms with Crippen molar-refractivity contribution in [2.45, 2.75) is 12.8 Å². The predicted octanol–water partition coefficient (Wildman–Crippen LogP) is 4.77. The van der Waals surface area contributed by atoms with Gasteiger partial charge in [-0.1, -0.05) is 30.3 Å². The lowest BCUT2D eigenvalue weighted by Crippen LogP contribution is -2.32. The Morgan fingerprint density at radius 1 is 1.07 bits per heavy atom. The molecule has 1 aliphatic rings. The highest BCUT2D eigenvalue weighted by atomic mass is 35.5. The zero-order valence-electron chi connectivity index (χ0n) is 14.3. The molecule has 1 aliphatic carbocycles. The first-order valence-electron chi connectivity index (χ1n) is 8.32. The van der Waals surface area contributed by atoms with E-state index in [9.17, 15) is 18.4 Å². The Balaban J connectivity index is 1.95. The van der Waals surface area contributed by atoms with Gasteiger partial charge in [-0.3, -0.25) is 14.9 Å². The molecule has 0 radical (unpaired) electrons. The number of imide groups is 1. The van der Waals surface area contributed by atoms with Crippen LogP contribution in [0.25, 0.3) is 11.6 Å². The molecule has 0 atom stereocenters. The summed E-state index contributed by atoms with van der Waals surface area (Å²) in [5.41, 5.74) is 0.677. The summed E-state index contributed by atoms with van der Waals surface area (Å²) in [6.07, 6.45) is 3.14. The van der Waals surface area contributed by atoms with Crippen LogP contribution in [-0.2, 0) is 9.59 Å². The SMILES string of the molecule is C=C(C(=O)NC(=O)/C(=C/c1ccc(Cl)cc1)c1ccc(F)cc1F)C1CC1. The molecule has 1 saturated carbocycles. The molecule has 0 spiro atoms. The third-order valence-electron chi connectivity index (χ3n) is 4.24. The van der Waals surface area contributed by atoms with Gasteiger partial charge in [0.25, 0.3) is 11.8 Å². The summed E-state index contributed by atoms with van der Waals surface area (Å²) in [5.74, 6) is -2.96. The lowest BCUT2D eigenvalue weighted by molar-refractivity contribution is -0.125. The molecule has 6 heteroatoms. The Labute approximate surface area is 160 Å². The summed E-state index contributed by atoms with van der Waals surface area (Å²) in [4.78, 5) is 24.9. The molecule has 0 bridgehead atoms. The van der Waals surface area contributed by atoms with Crippen LogP contribution in [0.5, 0.6) is 0 Å². The topological polar surface area (TPSA) is 46.2 Å². The quantitative estimate of drug-likeness (QED) is 0.593. The number of carbonyl (C=O) groups excluding carboxylic acids is 2. The highest BCUT2D eigenvalue weighted by Crippen LogP contribution is 2.35. The summed E-state index contributed by atoms with van der Waals surface area (Å²) >= 11 is 5.85. The van der Waals surface area contributed by atoms with Crippen LogP contribution in [0, 0.1) is 17.6 Å². The fraction of sp³-hybridized carbons (Fsp3) is 0.143.